The van der Waals surface area contributed by atoms with Gasteiger partial charge in [0.1, 0.15) is 11.3 Å². The molecule has 0 radical (unpaired) electrons. The van der Waals surface area contributed by atoms with Crippen molar-refractivity contribution in [2.24, 2.45) is 7.05 Å². The Morgan fingerprint density at radius 2 is 1.97 bits per heavy atom. The van der Waals surface area contributed by atoms with E-state index in [9.17, 15) is 13.2 Å². The van der Waals surface area contributed by atoms with E-state index in [-0.39, 0.29) is 22.3 Å². The first-order valence-electron chi connectivity index (χ1n) is 9.99. The molecule has 0 saturated carbocycles. The van der Waals surface area contributed by atoms with Crippen molar-refractivity contribution in [1.29, 1.82) is 0 Å². The number of halogens is 1. The molecule has 32 heavy (non-hydrogen) atoms. The van der Waals surface area contributed by atoms with Gasteiger partial charge in [0.05, 0.1) is 23.7 Å². The van der Waals surface area contributed by atoms with Gasteiger partial charge in [-0.05, 0) is 37.3 Å². The number of aromatic nitrogens is 2. The molecule has 10 heteroatoms. The number of rotatable bonds is 5. The van der Waals surface area contributed by atoms with E-state index < -0.39 is 15.9 Å². The van der Waals surface area contributed by atoms with E-state index in [1.54, 1.807) is 49.5 Å². The van der Waals surface area contributed by atoms with Crippen molar-refractivity contribution < 1.29 is 17.9 Å². The van der Waals surface area contributed by atoms with Crippen molar-refractivity contribution in [3.63, 3.8) is 0 Å². The van der Waals surface area contributed by atoms with Crippen LogP contribution in [0, 0.1) is 6.92 Å². The van der Waals surface area contributed by atoms with Gasteiger partial charge >= 0.3 is 0 Å². The van der Waals surface area contributed by atoms with Crippen LogP contribution in [0.4, 0.5) is 5.82 Å². The van der Waals surface area contributed by atoms with Crippen molar-refractivity contribution in [1.82, 2.24) is 15.1 Å². The molecule has 0 saturated heterocycles. The largest absolute Gasteiger partial charge is 0.493 e. The molecule has 1 atom stereocenters. The maximum atomic E-state index is 13.2. The Bertz CT molecular complexity index is 1270. The molecule has 0 aliphatic carbocycles. The van der Waals surface area contributed by atoms with E-state index in [1.165, 1.54) is 17.9 Å². The molecule has 0 fully saturated rings. The Hall–Kier alpha value is -3.04. The van der Waals surface area contributed by atoms with Crippen LogP contribution in [0.15, 0.2) is 53.6 Å². The molecule has 1 aromatic heterocycles. The summed E-state index contributed by atoms with van der Waals surface area (Å²) < 4.78 is 34.5. The molecule has 168 valence electrons. The average molecular weight is 475 g/mol. The minimum Gasteiger partial charge on any atom is -0.493 e. The van der Waals surface area contributed by atoms with Gasteiger partial charge in [-0.15, -0.1) is 0 Å². The number of sulfonamides is 1. The van der Waals surface area contributed by atoms with Gasteiger partial charge in [0.15, 0.2) is 5.82 Å². The Morgan fingerprint density at radius 1 is 1.25 bits per heavy atom. The summed E-state index contributed by atoms with van der Waals surface area (Å²) in [4.78, 5) is 13.3. The predicted octanol–water partition coefficient (Wildman–Crippen LogP) is 3.46. The summed E-state index contributed by atoms with van der Waals surface area (Å²) in [6.07, 6.45) is 1.93. The zero-order valence-corrected chi connectivity index (χ0v) is 19.4. The van der Waals surface area contributed by atoms with Crippen molar-refractivity contribution in [3.8, 4) is 5.75 Å². The first-order chi connectivity index (χ1) is 15.2. The van der Waals surface area contributed by atoms with Gasteiger partial charge in [-0.25, -0.2) is 8.42 Å². The van der Waals surface area contributed by atoms with E-state index >= 15 is 0 Å². The third-order valence-corrected chi connectivity index (χ3v) is 7.44. The number of ether oxygens (including phenoxy) is 1. The van der Waals surface area contributed by atoms with Gasteiger partial charge in [0.25, 0.3) is 15.9 Å². The quantitative estimate of drug-likeness (QED) is 0.611. The third-order valence-electron chi connectivity index (χ3n) is 5.45. The molecule has 1 unspecified atom stereocenters. The van der Waals surface area contributed by atoms with Gasteiger partial charge < -0.3 is 10.1 Å². The first kappa shape index (κ1) is 22.2. The van der Waals surface area contributed by atoms with Crippen LogP contribution < -0.4 is 14.4 Å². The molecule has 3 aromatic rings. The fourth-order valence-corrected chi connectivity index (χ4v) is 5.12. The van der Waals surface area contributed by atoms with E-state index in [4.69, 9.17) is 16.3 Å². The molecular weight excluding hydrogens is 452 g/mol. The lowest BCUT2D eigenvalue weighted by molar-refractivity contribution is 0.0925. The van der Waals surface area contributed by atoms with Crippen LogP contribution in [0.3, 0.4) is 0 Å². The predicted molar refractivity (Wildman–Crippen MR) is 122 cm³/mol. The molecule has 0 bridgehead atoms. The number of aryl methyl sites for hydroxylation is 2. The normalized spacial score (nSPS) is 15.6. The fraction of sp³-hybridized carbons (Fsp3) is 0.273. The van der Waals surface area contributed by atoms with Crippen molar-refractivity contribution in [3.05, 3.63) is 70.4 Å². The zero-order valence-electron chi connectivity index (χ0n) is 17.9. The number of nitrogens with one attached hydrogen (secondary N) is 1. The number of anilines is 1. The minimum atomic E-state index is -3.89. The zero-order chi connectivity index (χ0) is 23.0. The Labute approximate surface area is 191 Å². The van der Waals surface area contributed by atoms with Crippen molar-refractivity contribution in [2.75, 3.05) is 18.0 Å². The standard InChI is InChI=1S/C22H23ClN4O4S/c1-14-4-7-16(8-5-14)32(29,30)27(3)22-18(13-24-26(22)2)21(28)25-19-10-11-31-20-9-6-15(23)12-17(19)20/h4-9,12-13,19H,10-11H2,1-3H3,(H,25,28). The average Bonchev–Trinajstić information content (AvgIpc) is 3.15. The lowest BCUT2D eigenvalue weighted by Crippen LogP contribution is -2.34. The van der Waals surface area contributed by atoms with E-state index in [1.807, 2.05) is 6.92 Å². The number of carbonyl (C=O) groups is 1. The van der Waals surface area contributed by atoms with Gasteiger partial charge in [0.2, 0.25) is 0 Å². The topological polar surface area (TPSA) is 93.5 Å². The van der Waals surface area contributed by atoms with Crippen LogP contribution in [-0.2, 0) is 17.1 Å². The minimum absolute atomic E-state index is 0.131. The van der Waals surface area contributed by atoms with Crippen molar-refractivity contribution in [2.45, 2.75) is 24.3 Å². The highest BCUT2D eigenvalue weighted by atomic mass is 35.5. The van der Waals surface area contributed by atoms with Gasteiger partial charge in [-0.2, -0.15) is 5.10 Å². The summed E-state index contributed by atoms with van der Waals surface area (Å²) >= 11 is 6.13. The molecule has 8 nitrogen and oxygen atoms in total. The van der Waals surface area contributed by atoms with Crippen LogP contribution in [0.5, 0.6) is 5.75 Å². The lowest BCUT2D eigenvalue weighted by atomic mass is 10.0. The first-order valence-corrected chi connectivity index (χ1v) is 11.8. The van der Waals surface area contributed by atoms with E-state index in [2.05, 4.69) is 10.4 Å². The summed E-state index contributed by atoms with van der Waals surface area (Å²) in [5, 5.41) is 7.65. The maximum absolute atomic E-state index is 13.2. The van der Waals surface area contributed by atoms with Crippen LogP contribution in [0.2, 0.25) is 5.02 Å². The number of fused-ring (bicyclic) bond motifs is 1. The summed E-state index contributed by atoms with van der Waals surface area (Å²) in [5.74, 6) is 0.398. The van der Waals surface area contributed by atoms with E-state index in [0.29, 0.717) is 23.8 Å². The Morgan fingerprint density at radius 3 is 2.69 bits per heavy atom. The van der Waals surface area contributed by atoms with Crippen LogP contribution in [0.1, 0.15) is 33.9 Å². The molecule has 4 rings (SSSR count). The number of hydrogen-bond acceptors (Lipinski definition) is 5. The second kappa shape index (κ2) is 8.48. The summed E-state index contributed by atoms with van der Waals surface area (Å²) in [6, 6.07) is 11.5. The second-order valence-corrected chi connectivity index (χ2v) is 10.0. The van der Waals surface area contributed by atoms with Crippen molar-refractivity contribution >= 4 is 33.3 Å². The highest BCUT2D eigenvalue weighted by molar-refractivity contribution is 7.92. The van der Waals surface area contributed by atoms with Gasteiger partial charge in [-0.1, -0.05) is 29.3 Å². The number of nitrogens with zero attached hydrogens (tertiary/aromatic N) is 3. The van der Waals surface area contributed by atoms with Crippen LogP contribution in [-0.4, -0.2) is 37.8 Å². The van der Waals surface area contributed by atoms with Gasteiger partial charge in [0, 0.05) is 31.1 Å². The molecule has 0 spiro atoms. The SMILES string of the molecule is Cc1ccc(S(=O)(=O)N(C)c2c(C(=O)NC3CCOc4ccc(Cl)cc43)cnn2C)cc1. The fourth-order valence-electron chi connectivity index (χ4n) is 3.70. The molecule has 2 heterocycles. The van der Waals surface area contributed by atoms with Crippen LogP contribution >= 0.6 is 11.6 Å². The molecule has 1 N–H and O–H groups in total. The Kier molecular flexibility index (Phi) is 5.87. The monoisotopic (exact) mass is 474 g/mol. The number of amides is 1. The summed E-state index contributed by atoms with van der Waals surface area (Å²) in [5.41, 5.74) is 1.88. The van der Waals surface area contributed by atoms with Crippen LogP contribution in [0.25, 0.3) is 0 Å². The number of carbonyl (C=O) groups excluding carboxylic acids is 1. The number of benzene rings is 2. The molecule has 1 aliphatic heterocycles. The highest BCUT2D eigenvalue weighted by Gasteiger charge is 2.30. The molecule has 2 aromatic carbocycles. The summed E-state index contributed by atoms with van der Waals surface area (Å²) in [7, 11) is -0.886. The second-order valence-electron chi connectivity index (χ2n) is 7.64. The smallest absolute Gasteiger partial charge is 0.265 e. The summed E-state index contributed by atoms with van der Waals surface area (Å²) in [6.45, 7) is 2.33. The molecular formula is C22H23ClN4O4S. The van der Waals surface area contributed by atoms with Gasteiger partial charge in [-0.3, -0.25) is 13.8 Å². The lowest BCUT2D eigenvalue weighted by Gasteiger charge is -2.27. The number of hydrogen-bond donors (Lipinski definition) is 1. The van der Waals surface area contributed by atoms with E-state index in [0.717, 1.165) is 15.4 Å². The molecule has 1 aliphatic rings. The third kappa shape index (κ3) is 4.05. The molecule has 1 amide bonds. The highest BCUT2D eigenvalue weighted by Crippen LogP contribution is 2.34. The maximum Gasteiger partial charge on any atom is 0.265 e. The Balaban J connectivity index is 1.64.